The van der Waals surface area contributed by atoms with Gasteiger partial charge < -0.3 is 21.3 Å². The molecular weight excluding hydrogens is 404 g/mol. The molecule has 4 N–H and O–H groups in total. The van der Waals surface area contributed by atoms with E-state index >= 15 is 0 Å². The third kappa shape index (κ3) is 4.45. The number of rotatable bonds is 7. The number of benzene rings is 1. The Morgan fingerprint density at radius 1 is 1.27 bits per heavy atom. The minimum Gasteiger partial charge on any atom is -0.369 e. The van der Waals surface area contributed by atoms with Gasteiger partial charge in [-0.15, -0.1) is 11.8 Å². The number of primary amides is 1. The molecule has 0 saturated carbocycles. The van der Waals surface area contributed by atoms with Gasteiger partial charge in [0.1, 0.15) is 5.41 Å². The topological polar surface area (TPSA) is 122 Å². The summed E-state index contributed by atoms with van der Waals surface area (Å²) in [6.45, 7) is 2.55. The van der Waals surface area contributed by atoms with E-state index in [4.69, 9.17) is 5.73 Å². The van der Waals surface area contributed by atoms with Gasteiger partial charge in [0, 0.05) is 37.5 Å². The van der Waals surface area contributed by atoms with Crippen LogP contribution in [0.4, 0.5) is 0 Å². The van der Waals surface area contributed by atoms with E-state index in [1.807, 2.05) is 37.4 Å². The van der Waals surface area contributed by atoms with Crippen LogP contribution < -0.4 is 16.4 Å². The molecule has 3 rings (SSSR count). The Morgan fingerprint density at radius 2 is 1.97 bits per heavy atom. The number of thioether (sulfide) groups is 1. The van der Waals surface area contributed by atoms with E-state index in [0.717, 1.165) is 10.5 Å². The molecule has 2 saturated heterocycles. The summed E-state index contributed by atoms with van der Waals surface area (Å²) in [5.74, 6) is -0.872. The van der Waals surface area contributed by atoms with Crippen LogP contribution in [-0.4, -0.2) is 61.0 Å². The van der Waals surface area contributed by atoms with Crippen LogP contribution in [0.5, 0.6) is 0 Å². The molecule has 2 fully saturated rings. The molecule has 1 atom stereocenters. The Labute approximate surface area is 180 Å². The lowest BCUT2D eigenvalue weighted by Gasteiger charge is -2.51. The van der Waals surface area contributed by atoms with Crippen molar-refractivity contribution in [3.8, 4) is 0 Å². The normalized spacial score (nSPS) is 22.6. The summed E-state index contributed by atoms with van der Waals surface area (Å²) >= 11 is 1.57. The average Bonchev–Trinajstić information content (AvgIpc) is 2.69. The highest BCUT2D eigenvalue weighted by Crippen LogP contribution is 2.36. The molecule has 0 aromatic heterocycles. The molecule has 0 bridgehead atoms. The highest BCUT2D eigenvalue weighted by molar-refractivity contribution is 7.98. The molecule has 30 heavy (non-hydrogen) atoms. The maximum Gasteiger partial charge on any atom is 0.230 e. The number of nitrogens with one attached hydrogen (secondary N) is 2. The first-order chi connectivity index (χ1) is 14.2. The van der Waals surface area contributed by atoms with Gasteiger partial charge in [-0.3, -0.25) is 19.2 Å². The van der Waals surface area contributed by atoms with E-state index in [0.29, 0.717) is 12.8 Å². The Bertz CT molecular complexity index is 856. The van der Waals surface area contributed by atoms with E-state index in [1.165, 1.54) is 0 Å². The standard InChI is InChI=1S/C21H28N4O4S/c1-20(8-7-16(26)23-10-20)19(29)25-12-21(13-25,18(22)28)11-24-17(27)9-14-5-3-4-6-15(14)30-2/h3-6H,7-13H2,1-2H3,(H2,22,28)(H,23,26)(H,24,27). The monoisotopic (exact) mass is 432 g/mol. The summed E-state index contributed by atoms with van der Waals surface area (Å²) in [6.07, 6.45) is 2.96. The first-order valence-electron chi connectivity index (χ1n) is 9.94. The maximum absolute atomic E-state index is 12.9. The van der Waals surface area contributed by atoms with Crippen LogP contribution in [0.1, 0.15) is 25.3 Å². The van der Waals surface area contributed by atoms with Crippen molar-refractivity contribution in [1.82, 2.24) is 15.5 Å². The zero-order valence-electron chi connectivity index (χ0n) is 17.3. The van der Waals surface area contributed by atoms with Crippen LogP contribution in [0.25, 0.3) is 0 Å². The van der Waals surface area contributed by atoms with E-state index in [-0.39, 0.29) is 50.3 Å². The number of amides is 4. The molecule has 0 spiro atoms. The fourth-order valence-electron chi connectivity index (χ4n) is 3.96. The number of nitrogens with zero attached hydrogens (tertiary/aromatic N) is 1. The zero-order chi connectivity index (χ0) is 21.9. The first kappa shape index (κ1) is 22.1. The van der Waals surface area contributed by atoms with Crippen LogP contribution in [0.3, 0.4) is 0 Å². The van der Waals surface area contributed by atoms with Crippen molar-refractivity contribution in [2.75, 3.05) is 32.4 Å². The highest BCUT2D eigenvalue weighted by atomic mass is 32.2. The van der Waals surface area contributed by atoms with Gasteiger partial charge in [-0.1, -0.05) is 18.2 Å². The number of likely N-dealkylation sites (tertiary alicyclic amines) is 1. The van der Waals surface area contributed by atoms with Crippen LogP contribution in [0.2, 0.25) is 0 Å². The zero-order valence-corrected chi connectivity index (χ0v) is 18.1. The highest BCUT2D eigenvalue weighted by Gasteiger charge is 2.53. The lowest BCUT2D eigenvalue weighted by Crippen LogP contribution is -2.70. The molecule has 2 aliphatic rings. The second-order valence-corrected chi connectivity index (χ2v) is 9.26. The van der Waals surface area contributed by atoms with Crippen molar-refractivity contribution in [3.63, 3.8) is 0 Å². The summed E-state index contributed by atoms with van der Waals surface area (Å²) in [5.41, 5.74) is 4.91. The SMILES string of the molecule is CSc1ccccc1CC(=O)NCC1(C(N)=O)CN(C(=O)C2(C)CCC(=O)NC2)C1. The first-order valence-corrected chi connectivity index (χ1v) is 11.2. The Morgan fingerprint density at radius 3 is 2.57 bits per heavy atom. The predicted octanol–water partition coefficient (Wildman–Crippen LogP) is 0.297. The second kappa shape index (κ2) is 8.67. The third-order valence-corrected chi connectivity index (χ3v) is 6.90. The Kier molecular flexibility index (Phi) is 6.40. The van der Waals surface area contributed by atoms with Crippen LogP contribution in [0, 0.1) is 10.8 Å². The number of piperidine rings is 1. The number of carbonyl (C=O) groups is 4. The van der Waals surface area contributed by atoms with Crippen molar-refractivity contribution in [3.05, 3.63) is 29.8 Å². The number of nitrogens with two attached hydrogens (primary N) is 1. The number of hydrogen-bond donors (Lipinski definition) is 3. The molecule has 2 heterocycles. The summed E-state index contributed by atoms with van der Waals surface area (Å²) < 4.78 is 0. The minimum atomic E-state index is -0.960. The van der Waals surface area contributed by atoms with Gasteiger partial charge in [0.05, 0.1) is 11.8 Å². The number of hydrogen-bond acceptors (Lipinski definition) is 5. The molecule has 1 unspecified atom stereocenters. The van der Waals surface area contributed by atoms with Crippen molar-refractivity contribution < 1.29 is 19.2 Å². The molecule has 9 heteroatoms. The van der Waals surface area contributed by atoms with Crippen LogP contribution in [0.15, 0.2) is 29.2 Å². The van der Waals surface area contributed by atoms with Gasteiger partial charge in [0.25, 0.3) is 0 Å². The molecule has 0 radical (unpaired) electrons. The van der Waals surface area contributed by atoms with Gasteiger partial charge in [0.2, 0.25) is 23.6 Å². The van der Waals surface area contributed by atoms with Gasteiger partial charge >= 0.3 is 0 Å². The van der Waals surface area contributed by atoms with Crippen molar-refractivity contribution >= 4 is 35.4 Å². The molecule has 8 nitrogen and oxygen atoms in total. The summed E-state index contributed by atoms with van der Waals surface area (Å²) in [5, 5.41) is 5.55. The molecule has 0 aliphatic carbocycles. The molecule has 1 aromatic carbocycles. The number of carbonyl (C=O) groups excluding carboxylic acids is 4. The Balaban J connectivity index is 1.57. The van der Waals surface area contributed by atoms with E-state index in [9.17, 15) is 19.2 Å². The third-order valence-electron chi connectivity index (χ3n) is 6.06. The van der Waals surface area contributed by atoms with E-state index < -0.39 is 16.7 Å². The molecule has 4 amide bonds. The van der Waals surface area contributed by atoms with E-state index in [1.54, 1.807) is 16.7 Å². The fraction of sp³-hybridized carbons (Fsp3) is 0.524. The Hall–Kier alpha value is -2.55. The lowest BCUT2D eigenvalue weighted by atomic mass is 9.74. The predicted molar refractivity (Wildman–Crippen MR) is 113 cm³/mol. The fourth-order valence-corrected chi connectivity index (χ4v) is 4.58. The lowest BCUT2D eigenvalue weighted by molar-refractivity contribution is -0.160. The summed E-state index contributed by atoms with van der Waals surface area (Å²) in [7, 11) is 0. The molecule has 2 aliphatic heterocycles. The summed E-state index contributed by atoms with van der Waals surface area (Å²) in [6, 6.07) is 7.68. The molecule has 162 valence electrons. The smallest absolute Gasteiger partial charge is 0.230 e. The van der Waals surface area contributed by atoms with Gasteiger partial charge in [0.15, 0.2) is 0 Å². The van der Waals surface area contributed by atoms with Crippen molar-refractivity contribution in [2.24, 2.45) is 16.6 Å². The quantitative estimate of drug-likeness (QED) is 0.535. The van der Waals surface area contributed by atoms with Gasteiger partial charge in [-0.25, -0.2) is 0 Å². The molecule has 1 aromatic rings. The van der Waals surface area contributed by atoms with Gasteiger partial charge in [-0.05, 0) is 31.2 Å². The largest absolute Gasteiger partial charge is 0.369 e. The average molecular weight is 433 g/mol. The van der Waals surface area contributed by atoms with E-state index in [2.05, 4.69) is 10.6 Å². The van der Waals surface area contributed by atoms with Crippen molar-refractivity contribution in [1.29, 1.82) is 0 Å². The van der Waals surface area contributed by atoms with Crippen molar-refractivity contribution in [2.45, 2.75) is 31.1 Å². The second-order valence-electron chi connectivity index (χ2n) is 8.41. The van der Waals surface area contributed by atoms with Gasteiger partial charge in [-0.2, -0.15) is 0 Å². The van der Waals surface area contributed by atoms with Crippen LogP contribution in [-0.2, 0) is 25.6 Å². The van der Waals surface area contributed by atoms with Crippen LogP contribution >= 0.6 is 11.8 Å². The summed E-state index contributed by atoms with van der Waals surface area (Å²) in [4.78, 5) is 51.5. The minimum absolute atomic E-state index is 0.0545. The maximum atomic E-state index is 12.9. The molecular formula is C21H28N4O4S.